The lowest BCUT2D eigenvalue weighted by molar-refractivity contribution is -0.137. The van der Waals surface area contributed by atoms with Crippen molar-refractivity contribution < 1.29 is 27.4 Å². The lowest BCUT2D eigenvalue weighted by Crippen LogP contribution is -2.24. The fraction of sp³-hybridized carbons (Fsp3) is 0.304. The fourth-order valence-electron chi connectivity index (χ4n) is 3.59. The maximum Gasteiger partial charge on any atom is 0.416 e. The molecule has 0 radical (unpaired) electrons. The third kappa shape index (κ3) is 4.42. The molecule has 0 atom stereocenters. The van der Waals surface area contributed by atoms with E-state index in [9.17, 15) is 18.0 Å². The summed E-state index contributed by atoms with van der Waals surface area (Å²) >= 11 is 0. The molecule has 0 aliphatic heterocycles. The lowest BCUT2D eigenvalue weighted by Gasteiger charge is -2.13. The number of carbonyl (C=O) groups is 1. The normalized spacial score (nSPS) is 13.7. The standard InChI is InChI=1S/C23H22F3N3O3/c1-31-18-8-9-20(32-2)15(10-18)12-27-22(30)19-13-28-29(21(19)14-6-7-14)17-5-3-4-16(11-17)23(24,25)26/h3-5,8-11,13-14H,6-7,12H2,1-2H3,(H,27,30). The highest BCUT2D eigenvalue weighted by atomic mass is 19.4. The molecule has 1 aliphatic rings. The SMILES string of the molecule is COc1ccc(OC)c(CNC(=O)c2cnn(-c3cccc(C(F)(F)F)c3)c2C2CC2)c1. The van der Waals surface area contributed by atoms with Crippen LogP contribution < -0.4 is 14.8 Å². The zero-order valence-electron chi connectivity index (χ0n) is 17.6. The zero-order valence-corrected chi connectivity index (χ0v) is 17.6. The molecule has 4 rings (SSSR count). The Kier molecular flexibility index (Phi) is 5.82. The highest BCUT2D eigenvalue weighted by Gasteiger charge is 2.34. The van der Waals surface area contributed by atoms with Gasteiger partial charge in [-0.25, -0.2) is 4.68 Å². The Bertz CT molecular complexity index is 1140. The molecule has 1 saturated carbocycles. The van der Waals surface area contributed by atoms with E-state index >= 15 is 0 Å². The van der Waals surface area contributed by atoms with Gasteiger partial charge in [-0.05, 0) is 49.2 Å². The second-order valence-electron chi connectivity index (χ2n) is 7.54. The minimum absolute atomic E-state index is 0.0825. The molecule has 3 aromatic rings. The van der Waals surface area contributed by atoms with Crippen molar-refractivity contribution in [1.82, 2.24) is 15.1 Å². The first-order valence-corrected chi connectivity index (χ1v) is 10.1. The number of halogens is 3. The van der Waals surface area contributed by atoms with Crippen LogP contribution >= 0.6 is 0 Å². The highest BCUT2D eigenvalue weighted by molar-refractivity contribution is 5.95. The molecule has 32 heavy (non-hydrogen) atoms. The molecule has 0 bridgehead atoms. The summed E-state index contributed by atoms with van der Waals surface area (Å²) in [4.78, 5) is 13.0. The van der Waals surface area contributed by atoms with E-state index in [1.165, 1.54) is 24.1 Å². The van der Waals surface area contributed by atoms with Gasteiger partial charge in [0.2, 0.25) is 0 Å². The molecular formula is C23H22F3N3O3. The van der Waals surface area contributed by atoms with Crippen molar-refractivity contribution in [2.75, 3.05) is 14.2 Å². The molecule has 6 nitrogen and oxygen atoms in total. The van der Waals surface area contributed by atoms with Crippen molar-refractivity contribution in [1.29, 1.82) is 0 Å². The van der Waals surface area contributed by atoms with Crippen LogP contribution in [0.4, 0.5) is 13.2 Å². The van der Waals surface area contributed by atoms with Crippen LogP contribution in [0.25, 0.3) is 5.69 Å². The van der Waals surface area contributed by atoms with Crippen LogP contribution in [0.2, 0.25) is 0 Å². The van der Waals surface area contributed by atoms with Crippen LogP contribution in [0.1, 0.15) is 45.9 Å². The number of amides is 1. The number of benzene rings is 2. The van der Waals surface area contributed by atoms with Gasteiger partial charge in [-0.2, -0.15) is 18.3 Å². The number of methoxy groups -OCH3 is 2. The molecule has 1 aliphatic carbocycles. The molecule has 0 saturated heterocycles. The Hall–Kier alpha value is -3.49. The van der Waals surface area contributed by atoms with Crippen molar-refractivity contribution in [2.24, 2.45) is 0 Å². The third-order valence-corrected chi connectivity index (χ3v) is 5.36. The molecule has 1 amide bonds. The van der Waals surface area contributed by atoms with Gasteiger partial charge in [-0.1, -0.05) is 6.07 Å². The van der Waals surface area contributed by atoms with Crippen molar-refractivity contribution in [2.45, 2.75) is 31.5 Å². The second-order valence-corrected chi connectivity index (χ2v) is 7.54. The smallest absolute Gasteiger partial charge is 0.416 e. The van der Waals surface area contributed by atoms with Crippen LogP contribution in [0.5, 0.6) is 11.5 Å². The summed E-state index contributed by atoms with van der Waals surface area (Å²) < 4.78 is 51.5. The molecule has 2 aromatic carbocycles. The van der Waals surface area contributed by atoms with E-state index in [2.05, 4.69) is 10.4 Å². The monoisotopic (exact) mass is 445 g/mol. The molecule has 168 valence electrons. The van der Waals surface area contributed by atoms with E-state index in [1.807, 2.05) is 0 Å². The Morgan fingerprint density at radius 1 is 1.16 bits per heavy atom. The zero-order chi connectivity index (χ0) is 22.9. The van der Waals surface area contributed by atoms with Gasteiger partial charge in [0.25, 0.3) is 5.91 Å². The van der Waals surface area contributed by atoms with Crippen molar-refractivity contribution in [3.8, 4) is 17.2 Å². The number of aromatic nitrogens is 2. The molecule has 1 heterocycles. The Morgan fingerprint density at radius 2 is 1.94 bits per heavy atom. The first kappa shape index (κ1) is 21.7. The molecule has 0 spiro atoms. The Balaban J connectivity index is 1.61. The maximum absolute atomic E-state index is 13.2. The number of ether oxygens (including phenoxy) is 2. The average molecular weight is 445 g/mol. The van der Waals surface area contributed by atoms with E-state index in [-0.39, 0.29) is 24.1 Å². The Labute approximate surface area is 183 Å². The van der Waals surface area contributed by atoms with Gasteiger partial charge in [-0.3, -0.25) is 4.79 Å². The average Bonchev–Trinajstić information content (AvgIpc) is 3.54. The quantitative estimate of drug-likeness (QED) is 0.572. The molecule has 1 N–H and O–H groups in total. The first-order valence-electron chi connectivity index (χ1n) is 10.1. The van der Waals surface area contributed by atoms with Crippen molar-refractivity contribution >= 4 is 5.91 Å². The van der Waals surface area contributed by atoms with Gasteiger partial charge in [0.1, 0.15) is 11.5 Å². The van der Waals surface area contributed by atoms with E-state index in [0.29, 0.717) is 22.8 Å². The maximum atomic E-state index is 13.2. The van der Waals surface area contributed by atoms with E-state index < -0.39 is 11.7 Å². The molecule has 1 aromatic heterocycles. The van der Waals surface area contributed by atoms with Gasteiger partial charge >= 0.3 is 6.18 Å². The number of rotatable bonds is 7. The number of nitrogens with zero attached hydrogens (tertiary/aromatic N) is 2. The van der Waals surface area contributed by atoms with Gasteiger partial charge in [0, 0.05) is 18.0 Å². The predicted octanol–water partition coefficient (Wildman–Crippen LogP) is 4.72. The number of hydrogen-bond donors (Lipinski definition) is 1. The molecule has 9 heteroatoms. The van der Waals surface area contributed by atoms with Crippen molar-refractivity contribution in [3.05, 3.63) is 71.0 Å². The number of alkyl halides is 3. The number of carbonyl (C=O) groups excluding carboxylic acids is 1. The minimum Gasteiger partial charge on any atom is -0.497 e. The van der Waals surface area contributed by atoms with Crippen LogP contribution in [0.3, 0.4) is 0 Å². The van der Waals surface area contributed by atoms with E-state index in [0.717, 1.165) is 30.5 Å². The summed E-state index contributed by atoms with van der Waals surface area (Å²) in [5.41, 5.74) is 1.23. The van der Waals surface area contributed by atoms with Crippen LogP contribution in [0.15, 0.2) is 48.7 Å². The predicted molar refractivity (Wildman–Crippen MR) is 111 cm³/mol. The molecule has 1 fully saturated rings. The fourth-order valence-corrected chi connectivity index (χ4v) is 3.59. The van der Waals surface area contributed by atoms with Gasteiger partial charge in [-0.15, -0.1) is 0 Å². The van der Waals surface area contributed by atoms with Gasteiger partial charge < -0.3 is 14.8 Å². The van der Waals surface area contributed by atoms with E-state index in [4.69, 9.17) is 9.47 Å². The number of nitrogens with one attached hydrogen (secondary N) is 1. The molecular weight excluding hydrogens is 423 g/mol. The molecule has 0 unspecified atom stereocenters. The summed E-state index contributed by atoms with van der Waals surface area (Å²) in [6, 6.07) is 10.2. The van der Waals surface area contributed by atoms with E-state index in [1.54, 1.807) is 31.4 Å². The first-order chi connectivity index (χ1) is 15.3. The summed E-state index contributed by atoms with van der Waals surface area (Å²) in [5.74, 6) is 0.966. The highest BCUT2D eigenvalue weighted by Crippen LogP contribution is 2.43. The van der Waals surface area contributed by atoms with Gasteiger partial charge in [0.05, 0.1) is 42.9 Å². The topological polar surface area (TPSA) is 65.4 Å². The van der Waals surface area contributed by atoms with Crippen LogP contribution in [-0.2, 0) is 12.7 Å². The van der Waals surface area contributed by atoms with Crippen molar-refractivity contribution in [3.63, 3.8) is 0 Å². The van der Waals surface area contributed by atoms with Crippen LogP contribution in [-0.4, -0.2) is 29.9 Å². The van der Waals surface area contributed by atoms with Crippen LogP contribution in [0, 0.1) is 0 Å². The summed E-state index contributed by atoms with van der Waals surface area (Å²) in [5, 5.41) is 7.11. The summed E-state index contributed by atoms with van der Waals surface area (Å²) in [6.45, 7) is 0.193. The Morgan fingerprint density at radius 3 is 2.59 bits per heavy atom. The number of hydrogen-bond acceptors (Lipinski definition) is 4. The lowest BCUT2D eigenvalue weighted by atomic mass is 10.1. The summed E-state index contributed by atoms with van der Waals surface area (Å²) in [6.07, 6.45) is -1.34. The largest absolute Gasteiger partial charge is 0.497 e. The second kappa shape index (κ2) is 8.57. The minimum atomic E-state index is -4.46. The summed E-state index contributed by atoms with van der Waals surface area (Å²) in [7, 11) is 3.09. The van der Waals surface area contributed by atoms with Gasteiger partial charge in [0.15, 0.2) is 0 Å². The third-order valence-electron chi connectivity index (χ3n) is 5.36.